The molecule has 3 heterocycles. The van der Waals surface area contributed by atoms with Gasteiger partial charge in [0.1, 0.15) is 18.1 Å². The van der Waals surface area contributed by atoms with Crippen molar-refractivity contribution in [3.8, 4) is 11.5 Å². The fourth-order valence-corrected chi connectivity index (χ4v) is 3.60. The molecule has 0 aromatic carbocycles. The molecular formula is C16H20N4O2S. The molecule has 0 fully saturated rings. The summed E-state index contributed by atoms with van der Waals surface area (Å²) in [5, 5.41) is 19.6. The maximum absolute atomic E-state index is 9.08. The Kier molecular flexibility index (Phi) is 4.61. The summed E-state index contributed by atoms with van der Waals surface area (Å²) < 4.78 is 7.34. The molecule has 0 amide bonds. The lowest BCUT2D eigenvalue weighted by Crippen LogP contribution is -2.24. The Morgan fingerprint density at radius 2 is 2.17 bits per heavy atom. The Labute approximate surface area is 139 Å². The van der Waals surface area contributed by atoms with Gasteiger partial charge in [-0.1, -0.05) is 5.21 Å². The van der Waals surface area contributed by atoms with E-state index in [1.165, 1.54) is 10.4 Å². The van der Waals surface area contributed by atoms with E-state index in [-0.39, 0.29) is 12.6 Å². The van der Waals surface area contributed by atoms with Gasteiger partial charge in [-0.05, 0) is 50.2 Å². The third-order valence-electron chi connectivity index (χ3n) is 3.80. The van der Waals surface area contributed by atoms with Gasteiger partial charge in [-0.3, -0.25) is 4.90 Å². The standard InChI is InChI=1S/C16H20N4O2S/c1-11-6-7-23-16(11)14(19(2)3)9-20-8-13(17-18-20)15-5-4-12(10-21)22-15/h4-8,14,21H,9-10H2,1-3H3. The van der Waals surface area contributed by atoms with Crippen molar-refractivity contribution >= 4 is 11.3 Å². The van der Waals surface area contributed by atoms with Crippen molar-refractivity contribution in [3.05, 3.63) is 46.0 Å². The summed E-state index contributed by atoms with van der Waals surface area (Å²) in [6, 6.07) is 5.93. The number of nitrogens with zero attached hydrogens (tertiary/aromatic N) is 4. The zero-order chi connectivity index (χ0) is 16.4. The first-order valence-corrected chi connectivity index (χ1v) is 8.27. The summed E-state index contributed by atoms with van der Waals surface area (Å²) in [7, 11) is 4.14. The Bertz CT molecular complexity index is 774. The molecule has 7 heteroatoms. The van der Waals surface area contributed by atoms with Crippen molar-refractivity contribution < 1.29 is 9.52 Å². The molecule has 0 bridgehead atoms. The van der Waals surface area contributed by atoms with Gasteiger partial charge in [-0.15, -0.1) is 16.4 Å². The van der Waals surface area contributed by atoms with E-state index in [9.17, 15) is 0 Å². The van der Waals surface area contributed by atoms with Crippen LogP contribution >= 0.6 is 11.3 Å². The van der Waals surface area contributed by atoms with Gasteiger partial charge in [-0.25, -0.2) is 4.68 Å². The molecule has 3 rings (SSSR count). The van der Waals surface area contributed by atoms with Crippen LogP contribution in [0.15, 0.2) is 34.2 Å². The summed E-state index contributed by atoms with van der Waals surface area (Å²) in [4.78, 5) is 3.53. The second-order valence-corrected chi connectivity index (χ2v) is 6.64. The maximum Gasteiger partial charge on any atom is 0.156 e. The quantitative estimate of drug-likeness (QED) is 0.752. The van der Waals surface area contributed by atoms with Gasteiger partial charge in [0.15, 0.2) is 5.76 Å². The van der Waals surface area contributed by atoms with Crippen molar-refractivity contribution in [1.29, 1.82) is 0 Å². The lowest BCUT2D eigenvalue weighted by Gasteiger charge is -2.23. The van der Waals surface area contributed by atoms with Crippen LogP contribution in [0, 0.1) is 6.92 Å². The molecule has 0 spiro atoms. The fraction of sp³-hybridized carbons (Fsp3) is 0.375. The van der Waals surface area contributed by atoms with E-state index in [0.717, 1.165) is 6.54 Å². The highest BCUT2D eigenvalue weighted by Gasteiger charge is 2.19. The molecular weight excluding hydrogens is 312 g/mol. The number of aromatic nitrogens is 3. The van der Waals surface area contributed by atoms with Crippen LogP contribution in [-0.2, 0) is 13.2 Å². The molecule has 23 heavy (non-hydrogen) atoms. The second kappa shape index (κ2) is 6.66. The lowest BCUT2D eigenvalue weighted by molar-refractivity contribution is 0.248. The molecule has 0 saturated heterocycles. The van der Waals surface area contributed by atoms with Crippen molar-refractivity contribution in [2.24, 2.45) is 0 Å². The Morgan fingerprint density at radius 3 is 2.78 bits per heavy atom. The normalized spacial score (nSPS) is 12.9. The topological polar surface area (TPSA) is 67.3 Å². The van der Waals surface area contributed by atoms with Crippen LogP contribution < -0.4 is 0 Å². The van der Waals surface area contributed by atoms with Gasteiger partial charge >= 0.3 is 0 Å². The second-order valence-electron chi connectivity index (χ2n) is 5.70. The molecule has 6 nitrogen and oxygen atoms in total. The van der Waals surface area contributed by atoms with E-state index in [4.69, 9.17) is 9.52 Å². The van der Waals surface area contributed by atoms with Gasteiger partial charge in [-0.2, -0.15) is 0 Å². The number of rotatable bonds is 6. The van der Waals surface area contributed by atoms with Gasteiger partial charge in [0, 0.05) is 4.88 Å². The van der Waals surface area contributed by atoms with Gasteiger partial charge in [0.05, 0.1) is 18.8 Å². The molecule has 122 valence electrons. The molecule has 3 aromatic heterocycles. The average Bonchev–Trinajstić information content (AvgIpc) is 3.24. The van der Waals surface area contributed by atoms with Crippen molar-refractivity contribution in [3.63, 3.8) is 0 Å². The predicted molar refractivity (Wildman–Crippen MR) is 89.1 cm³/mol. The number of aliphatic hydroxyl groups is 1. The van der Waals surface area contributed by atoms with Gasteiger partial charge in [0.25, 0.3) is 0 Å². The minimum Gasteiger partial charge on any atom is -0.457 e. The third kappa shape index (κ3) is 3.36. The Balaban J connectivity index is 1.81. The summed E-state index contributed by atoms with van der Waals surface area (Å²) >= 11 is 1.77. The zero-order valence-corrected chi connectivity index (χ0v) is 14.2. The third-order valence-corrected chi connectivity index (χ3v) is 4.92. The van der Waals surface area contributed by atoms with E-state index < -0.39 is 0 Å². The zero-order valence-electron chi connectivity index (χ0n) is 13.4. The van der Waals surface area contributed by atoms with E-state index >= 15 is 0 Å². The minimum absolute atomic E-state index is 0.117. The number of likely N-dealkylation sites (N-methyl/N-ethyl adjacent to an activating group) is 1. The highest BCUT2D eigenvalue weighted by molar-refractivity contribution is 7.10. The number of aliphatic hydroxyl groups excluding tert-OH is 1. The lowest BCUT2D eigenvalue weighted by atomic mass is 10.1. The average molecular weight is 332 g/mol. The van der Waals surface area contributed by atoms with Crippen LogP contribution in [0.3, 0.4) is 0 Å². The van der Waals surface area contributed by atoms with Crippen molar-refractivity contribution in [2.45, 2.75) is 26.1 Å². The monoisotopic (exact) mass is 332 g/mol. The van der Waals surface area contributed by atoms with Crippen LogP contribution in [0.1, 0.15) is 22.2 Å². The summed E-state index contributed by atoms with van der Waals surface area (Å²) in [6.45, 7) is 2.73. The number of aryl methyl sites for hydroxylation is 1. The predicted octanol–water partition coefficient (Wildman–Crippen LogP) is 2.70. The molecule has 0 saturated carbocycles. The molecule has 3 aromatic rings. The largest absolute Gasteiger partial charge is 0.457 e. The summed E-state index contributed by atoms with van der Waals surface area (Å²) in [5.74, 6) is 1.14. The molecule has 0 radical (unpaired) electrons. The number of hydrogen-bond acceptors (Lipinski definition) is 6. The molecule has 1 atom stereocenters. The Morgan fingerprint density at radius 1 is 1.35 bits per heavy atom. The highest BCUT2D eigenvalue weighted by atomic mass is 32.1. The van der Waals surface area contributed by atoms with Crippen LogP contribution in [0.25, 0.3) is 11.5 Å². The summed E-state index contributed by atoms with van der Waals surface area (Å²) in [6.07, 6.45) is 1.87. The van der Waals surface area contributed by atoms with Gasteiger partial charge in [0.2, 0.25) is 0 Å². The number of hydrogen-bond donors (Lipinski definition) is 1. The van der Waals surface area contributed by atoms with E-state index in [0.29, 0.717) is 17.2 Å². The van der Waals surface area contributed by atoms with E-state index in [1.54, 1.807) is 23.5 Å². The molecule has 0 aliphatic carbocycles. The van der Waals surface area contributed by atoms with Gasteiger partial charge < -0.3 is 9.52 Å². The first-order chi connectivity index (χ1) is 11.1. The first-order valence-electron chi connectivity index (χ1n) is 7.39. The minimum atomic E-state index is -0.117. The fourth-order valence-electron chi connectivity index (χ4n) is 2.48. The van der Waals surface area contributed by atoms with Crippen LogP contribution in [0.4, 0.5) is 0 Å². The van der Waals surface area contributed by atoms with Crippen LogP contribution in [0.2, 0.25) is 0 Å². The number of thiophene rings is 1. The smallest absolute Gasteiger partial charge is 0.156 e. The molecule has 1 N–H and O–H groups in total. The SMILES string of the molecule is Cc1ccsc1C(Cn1cc(-c2ccc(CO)o2)nn1)N(C)C. The van der Waals surface area contributed by atoms with Crippen LogP contribution in [-0.4, -0.2) is 39.1 Å². The number of furan rings is 1. The summed E-state index contributed by atoms with van der Waals surface area (Å²) in [5.41, 5.74) is 1.97. The van der Waals surface area contributed by atoms with Crippen LogP contribution in [0.5, 0.6) is 0 Å². The van der Waals surface area contributed by atoms with Crippen molar-refractivity contribution in [2.75, 3.05) is 14.1 Å². The molecule has 0 aliphatic heterocycles. The Hall–Kier alpha value is -1.96. The molecule has 0 aliphatic rings. The maximum atomic E-state index is 9.08. The van der Waals surface area contributed by atoms with E-state index in [1.807, 2.05) is 10.9 Å². The molecule has 1 unspecified atom stereocenters. The van der Waals surface area contributed by atoms with Crippen molar-refractivity contribution in [1.82, 2.24) is 19.9 Å². The highest BCUT2D eigenvalue weighted by Crippen LogP contribution is 2.29. The first kappa shape index (κ1) is 15.9. The van der Waals surface area contributed by atoms with E-state index in [2.05, 4.69) is 47.7 Å².